The van der Waals surface area contributed by atoms with E-state index < -0.39 is 0 Å². The van der Waals surface area contributed by atoms with E-state index in [1.54, 1.807) is 6.26 Å². The van der Waals surface area contributed by atoms with Gasteiger partial charge < -0.3 is 19.6 Å². The summed E-state index contributed by atoms with van der Waals surface area (Å²) in [6.45, 7) is 7.43. The Bertz CT molecular complexity index is 1010. The predicted octanol–water partition coefficient (Wildman–Crippen LogP) is 4.36. The SMILES string of the molecule is Cc1nnc(CN=C(NCC(c2ccco2)N2CCCCC2)NC(C)c2ccccc2)n1C.I. The Morgan fingerprint density at radius 2 is 1.85 bits per heavy atom. The second-order valence-electron chi connectivity index (χ2n) is 8.67. The van der Waals surface area contributed by atoms with Crippen LogP contribution in [0.4, 0.5) is 0 Å². The molecule has 0 spiro atoms. The van der Waals surface area contributed by atoms with Gasteiger partial charge in [-0.15, -0.1) is 34.2 Å². The number of halogens is 1. The molecule has 0 amide bonds. The number of guanidine groups is 1. The van der Waals surface area contributed by atoms with E-state index in [1.165, 1.54) is 24.8 Å². The average molecular weight is 578 g/mol. The molecule has 1 fully saturated rings. The van der Waals surface area contributed by atoms with Gasteiger partial charge in [-0.3, -0.25) is 4.90 Å². The Morgan fingerprint density at radius 3 is 2.50 bits per heavy atom. The van der Waals surface area contributed by atoms with Gasteiger partial charge in [0.25, 0.3) is 0 Å². The maximum absolute atomic E-state index is 5.82. The molecule has 0 aliphatic carbocycles. The van der Waals surface area contributed by atoms with Crippen LogP contribution in [0.5, 0.6) is 0 Å². The molecule has 3 heterocycles. The normalized spacial score (nSPS) is 16.5. The van der Waals surface area contributed by atoms with Gasteiger partial charge in [-0.1, -0.05) is 36.8 Å². The van der Waals surface area contributed by atoms with Crippen LogP contribution in [0.25, 0.3) is 0 Å². The fourth-order valence-electron chi connectivity index (χ4n) is 4.24. The fourth-order valence-corrected chi connectivity index (χ4v) is 4.24. The van der Waals surface area contributed by atoms with Crippen molar-refractivity contribution in [3.8, 4) is 0 Å². The number of aliphatic imine (C=N–C) groups is 1. The first-order valence-electron chi connectivity index (χ1n) is 11.8. The highest BCUT2D eigenvalue weighted by Gasteiger charge is 2.25. The number of nitrogens with one attached hydrogen (secondary N) is 2. The van der Waals surface area contributed by atoms with Gasteiger partial charge in [-0.05, 0) is 57.5 Å². The Labute approximate surface area is 219 Å². The lowest BCUT2D eigenvalue weighted by atomic mass is 10.1. The first-order valence-corrected chi connectivity index (χ1v) is 11.8. The molecule has 2 aromatic heterocycles. The summed E-state index contributed by atoms with van der Waals surface area (Å²) in [6, 6.07) is 14.7. The topological polar surface area (TPSA) is 83.5 Å². The third kappa shape index (κ3) is 6.82. The largest absolute Gasteiger partial charge is 0.468 e. The zero-order valence-electron chi connectivity index (χ0n) is 20.3. The summed E-state index contributed by atoms with van der Waals surface area (Å²) in [5.74, 6) is 3.45. The first-order chi connectivity index (χ1) is 16.1. The number of piperidine rings is 1. The molecular formula is C25H36IN7O. The molecule has 0 radical (unpaired) electrons. The van der Waals surface area contributed by atoms with Crippen LogP contribution >= 0.6 is 24.0 Å². The zero-order valence-corrected chi connectivity index (χ0v) is 22.6. The monoisotopic (exact) mass is 577 g/mol. The standard InChI is InChI=1S/C25H35N7O.HI/c1-19(21-11-6-4-7-12-21)28-25(27-18-24-30-29-20(2)31(24)3)26-17-22(23-13-10-16-33-23)32-14-8-5-9-15-32;/h4,6-7,10-13,16,19,22H,5,8-9,14-15,17-18H2,1-3H3,(H2,26,27,28);1H. The van der Waals surface area contributed by atoms with Crippen molar-refractivity contribution >= 4 is 29.9 Å². The van der Waals surface area contributed by atoms with Gasteiger partial charge >= 0.3 is 0 Å². The van der Waals surface area contributed by atoms with Crippen molar-refractivity contribution in [2.24, 2.45) is 12.0 Å². The third-order valence-electron chi connectivity index (χ3n) is 6.38. The average Bonchev–Trinajstić information content (AvgIpc) is 3.49. The first kappa shape index (κ1) is 26.2. The van der Waals surface area contributed by atoms with E-state index in [4.69, 9.17) is 9.41 Å². The van der Waals surface area contributed by atoms with Gasteiger partial charge in [0.05, 0.1) is 18.3 Å². The lowest BCUT2D eigenvalue weighted by Crippen LogP contribution is -2.45. The fraction of sp³-hybridized carbons (Fsp3) is 0.480. The molecule has 2 N–H and O–H groups in total. The number of rotatable bonds is 8. The van der Waals surface area contributed by atoms with Crippen molar-refractivity contribution in [2.45, 2.75) is 51.7 Å². The Balaban J connectivity index is 0.00000324. The molecule has 1 aliphatic heterocycles. The van der Waals surface area contributed by atoms with E-state index in [2.05, 4.69) is 63.0 Å². The summed E-state index contributed by atoms with van der Waals surface area (Å²) in [5.41, 5.74) is 1.21. The molecule has 1 aliphatic rings. The summed E-state index contributed by atoms with van der Waals surface area (Å²) in [5, 5.41) is 15.6. The van der Waals surface area contributed by atoms with Crippen molar-refractivity contribution in [3.63, 3.8) is 0 Å². The molecule has 184 valence electrons. The van der Waals surface area contributed by atoms with Crippen molar-refractivity contribution in [3.05, 3.63) is 71.7 Å². The molecule has 1 saturated heterocycles. The van der Waals surface area contributed by atoms with E-state index in [0.29, 0.717) is 13.1 Å². The van der Waals surface area contributed by atoms with E-state index >= 15 is 0 Å². The minimum atomic E-state index is 0. The summed E-state index contributed by atoms with van der Waals surface area (Å²) < 4.78 is 7.79. The van der Waals surface area contributed by atoms with Crippen LogP contribution in [0.3, 0.4) is 0 Å². The van der Waals surface area contributed by atoms with Crippen LogP contribution in [0, 0.1) is 6.92 Å². The number of nitrogens with zero attached hydrogens (tertiary/aromatic N) is 5. The molecule has 8 nitrogen and oxygen atoms in total. The summed E-state index contributed by atoms with van der Waals surface area (Å²) in [6.07, 6.45) is 5.52. The second-order valence-corrected chi connectivity index (χ2v) is 8.67. The molecular weight excluding hydrogens is 541 g/mol. The molecule has 0 saturated carbocycles. The molecule has 4 rings (SSSR count). The molecule has 3 aromatic rings. The van der Waals surface area contributed by atoms with Crippen LogP contribution < -0.4 is 10.6 Å². The minimum Gasteiger partial charge on any atom is -0.468 e. The maximum Gasteiger partial charge on any atom is 0.192 e. The van der Waals surface area contributed by atoms with Crippen LogP contribution in [-0.4, -0.2) is 45.3 Å². The highest BCUT2D eigenvalue weighted by molar-refractivity contribution is 14.0. The van der Waals surface area contributed by atoms with E-state index in [9.17, 15) is 0 Å². The van der Waals surface area contributed by atoms with Crippen LogP contribution in [0.15, 0.2) is 58.1 Å². The Morgan fingerprint density at radius 1 is 1.09 bits per heavy atom. The molecule has 2 atom stereocenters. The molecule has 2 unspecified atom stereocenters. The van der Waals surface area contributed by atoms with Gasteiger partial charge in [0.15, 0.2) is 11.8 Å². The lowest BCUT2D eigenvalue weighted by molar-refractivity contribution is 0.146. The smallest absolute Gasteiger partial charge is 0.192 e. The summed E-state index contributed by atoms with van der Waals surface area (Å²) in [7, 11) is 1.97. The second kappa shape index (κ2) is 12.9. The van der Waals surface area contributed by atoms with Crippen molar-refractivity contribution < 1.29 is 4.42 Å². The van der Waals surface area contributed by atoms with E-state index in [-0.39, 0.29) is 36.1 Å². The Kier molecular flexibility index (Phi) is 9.94. The Hall–Kier alpha value is -2.40. The van der Waals surface area contributed by atoms with E-state index in [0.717, 1.165) is 36.5 Å². The van der Waals surface area contributed by atoms with Crippen LogP contribution in [0.2, 0.25) is 0 Å². The number of aryl methyl sites for hydroxylation is 1. The van der Waals surface area contributed by atoms with Gasteiger partial charge in [0, 0.05) is 13.6 Å². The summed E-state index contributed by atoms with van der Waals surface area (Å²) in [4.78, 5) is 7.37. The number of aromatic nitrogens is 3. The third-order valence-corrected chi connectivity index (χ3v) is 6.38. The number of furan rings is 1. The summed E-state index contributed by atoms with van der Waals surface area (Å²) >= 11 is 0. The lowest BCUT2D eigenvalue weighted by Gasteiger charge is -2.34. The van der Waals surface area contributed by atoms with Gasteiger partial charge in [0.1, 0.15) is 18.1 Å². The molecule has 34 heavy (non-hydrogen) atoms. The van der Waals surface area contributed by atoms with Crippen molar-refractivity contribution in [2.75, 3.05) is 19.6 Å². The number of hydrogen-bond acceptors (Lipinski definition) is 5. The van der Waals surface area contributed by atoms with Crippen molar-refractivity contribution in [1.29, 1.82) is 0 Å². The quantitative estimate of drug-likeness (QED) is 0.235. The van der Waals surface area contributed by atoms with Crippen molar-refractivity contribution in [1.82, 2.24) is 30.3 Å². The van der Waals surface area contributed by atoms with Gasteiger partial charge in [-0.2, -0.15) is 0 Å². The van der Waals surface area contributed by atoms with Gasteiger partial charge in [0.2, 0.25) is 0 Å². The minimum absolute atomic E-state index is 0. The van der Waals surface area contributed by atoms with Gasteiger partial charge in [-0.25, -0.2) is 4.99 Å². The molecule has 9 heteroatoms. The highest BCUT2D eigenvalue weighted by atomic mass is 127. The zero-order chi connectivity index (χ0) is 23.0. The van der Waals surface area contributed by atoms with Crippen LogP contribution in [-0.2, 0) is 13.6 Å². The number of benzene rings is 1. The highest BCUT2D eigenvalue weighted by Crippen LogP contribution is 2.24. The maximum atomic E-state index is 5.82. The number of likely N-dealkylation sites (tertiary alicyclic amines) is 1. The predicted molar refractivity (Wildman–Crippen MR) is 145 cm³/mol. The molecule has 0 bridgehead atoms. The molecule has 1 aromatic carbocycles. The number of hydrogen-bond donors (Lipinski definition) is 2. The van der Waals surface area contributed by atoms with E-state index in [1.807, 2.05) is 30.7 Å². The van der Waals surface area contributed by atoms with Crippen LogP contribution in [0.1, 0.15) is 61.2 Å².